The van der Waals surface area contributed by atoms with E-state index in [1.807, 2.05) is 0 Å². The third-order valence-electron chi connectivity index (χ3n) is 2.13. The largest absolute Gasteiger partial charge is 0.378 e. The maximum absolute atomic E-state index is 5.49. The first kappa shape index (κ1) is 9.57. The first-order valence-electron chi connectivity index (χ1n) is 4.69. The van der Waals surface area contributed by atoms with Crippen molar-refractivity contribution < 1.29 is 4.74 Å². The third-order valence-corrected chi connectivity index (χ3v) is 2.13. The van der Waals surface area contributed by atoms with Crippen LogP contribution in [0, 0.1) is 12.3 Å². The summed E-state index contributed by atoms with van der Waals surface area (Å²) in [5.74, 6) is 2.55. The van der Waals surface area contributed by atoms with Crippen LogP contribution < -0.4 is 5.32 Å². The fourth-order valence-electron chi connectivity index (χ4n) is 1.49. The van der Waals surface area contributed by atoms with Crippen molar-refractivity contribution in [2.24, 2.45) is 0 Å². The lowest BCUT2D eigenvalue weighted by Gasteiger charge is -2.08. The lowest BCUT2D eigenvalue weighted by molar-refractivity contribution is 0.102. The molecule has 0 aromatic rings. The molecule has 1 N–H and O–H groups in total. The highest BCUT2D eigenvalue weighted by Crippen LogP contribution is 2.16. The summed E-state index contributed by atoms with van der Waals surface area (Å²) in [7, 11) is 0. The Balaban J connectivity index is 1.85. The van der Waals surface area contributed by atoms with Crippen LogP contribution in [0.5, 0.6) is 0 Å². The van der Waals surface area contributed by atoms with Gasteiger partial charge >= 0.3 is 0 Å². The van der Waals surface area contributed by atoms with Gasteiger partial charge < -0.3 is 10.1 Å². The Bertz CT molecular complexity index is 144. The fraction of sp³-hybridized carbons (Fsp3) is 0.800. The number of nitrogens with one attached hydrogen (secondary N) is 1. The van der Waals surface area contributed by atoms with Crippen LogP contribution in [0.3, 0.4) is 0 Å². The van der Waals surface area contributed by atoms with Crippen molar-refractivity contribution in [1.82, 2.24) is 5.32 Å². The van der Waals surface area contributed by atoms with Crippen molar-refractivity contribution in [3.63, 3.8) is 0 Å². The summed E-state index contributed by atoms with van der Waals surface area (Å²) in [5, 5.41) is 3.17. The van der Waals surface area contributed by atoms with Gasteiger partial charge in [0, 0.05) is 6.61 Å². The zero-order valence-electron chi connectivity index (χ0n) is 7.51. The van der Waals surface area contributed by atoms with Crippen molar-refractivity contribution in [1.29, 1.82) is 0 Å². The summed E-state index contributed by atoms with van der Waals surface area (Å²) in [4.78, 5) is 0. The minimum absolute atomic E-state index is 0.526. The molecule has 2 heteroatoms. The average Bonchev–Trinajstić information content (AvgIpc) is 2.57. The highest BCUT2D eigenvalue weighted by Gasteiger charge is 2.13. The van der Waals surface area contributed by atoms with E-state index in [1.165, 1.54) is 25.7 Å². The molecule has 1 atom stereocenters. The Morgan fingerprint density at radius 2 is 2.50 bits per heavy atom. The van der Waals surface area contributed by atoms with E-state index >= 15 is 0 Å². The molecule has 1 rings (SSSR count). The molecule has 0 amide bonds. The van der Waals surface area contributed by atoms with Crippen LogP contribution in [0.4, 0.5) is 0 Å². The van der Waals surface area contributed by atoms with Gasteiger partial charge in [-0.3, -0.25) is 0 Å². The summed E-state index contributed by atoms with van der Waals surface area (Å²) >= 11 is 0. The minimum Gasteiger partial charge on any atom is -0.378 e. The monoisotopic (exact) mass is 167 g/mol. The van der Waals surface area contributed by atoms with Crippen LogP contribution >= 0.6 is 0 Å². The Labute approximate surface area is 74.7 Å². The minimum atomic E-state index is 0.526. The van der Waals surface area contributed by atoms with E-state index in [4.69, 9.17) is 11.2 Å². The van der Waals surface area contributed by atoms with E-state index in [2.05, 4.69) is 11.2 Å². The van der Waals surface area contributed by atoms with Gasteiger partial charge in [0.25, 0.3) is 0 Å². The summed E-state index contributed by atoms with van der Waals surface area (Å²) in [6.45, 7) is 2.66. The number of ether oxygens (including phenoxy) is 1. The van der Waals surface area contributed by atoms with Gasteiger partial charge in [-0.2, -0.15) is 0 Å². The van der Waals surface area contributed by atoms with Crippen LogP contribution in [0.1, 0.15) is 25.7 Å². The van der Waals surface area contributed by atoms with Crippen molar-refractivity contribution >= 4 is 0 Å². The van der Waals surface area contributed by atoms with E-state index in [1.54, 1.807) is 0 Å². The molecular weight excluding hydrogens is 150 g/mol. The molecule has 0 radical (unpaired) electrons. The molecule has 2 nitrogen and oxygen atoms in total. The van der Waals surface area contributed by atoms with Crippen molar-refractivity contribution in [3.8, 4) is 12.3 Å². The topological polar surface area (TPSA) is 21.3 Å². The van der Waals surface area contributed by atoms with E-state index in [-0.39, 0.29) is 0 Å². The van der Waals surface area contributed by atoms with Crippen LogP contribution in [-0.4, -0.2) is 25.8 Å². The van der Waals surface area contributed by atoms with Crippen molar-refractivity contribution in [3.05, 3.63) is 0 Å². The molecule has 0 bridgehead atoms. The molecular formula is C10H17NO. The SMILES string of the molecule is C#CCNCCCC1CCCO1. The summed E-state index contributed by atoms with van der Waals surface area (Å²) in [6, 6.07) is 0. The van der Waals surface area contributed by atoms with Gasteiger partial charge in [0.2, 0.25) is 0 Å². The molecule has 12 heavy (non-hydrogen) atoms. The van der Waals surface area contributed by atoms with Crippen LogP contribution in [0.25, 0.3) is 0 Å². The molecule has 0 aromatic carbocycles. The summed E-state index contributed by atoms with van der Waals surface area (Å²) in [5.41, 5.74) is 0. The van der Waals surface area contributed by atoms with Gasteiger partial charge in [-0.1, -0.05) is 5.92 Å². The smallest absolute Gasteiger partial charge is 0.0576 e. The third kappa shape index (κ3) is 3.75. The predicted molar refractivity (Wildman–Crippen MR) is 49.9 cm³/mol. The second-order valence-corrected chi connectivity index (χ2v) is 3.16. The molecule has 1 saturated heterocycles. The van der Waals surface area contributed by atoms with Crippen LogP contribution in [-0.2, 0) is 4.74 Å². The highest BCUT2D eigenvalue weighted by molar-refractivity contribution is 4.86. The second kappa shape index (κ2) is 6.05. The number of rotatable bonds is 5. The van der Waals surface area contributed by atoms with E-state index in [0.717, 1.165) is 13.2 Å². The molecule has 1 heterocycles. The van der Waals surface area contributed by atoms with E-state index in [0.29, 0.717) is 12.6 Å². The zero-order chi connectivity index (χ0) is 8.65. The van der Waals surface area contributed by atoms with Gasteiger partial charge in [0.05, 0.1) is 12.6 Å². The van der Waals surface area contributed by atoms with Crippen LogP contribution in [0.15, 0.2) is 0 Å². The Morgan fingerprint density at radius 1 is 1.58 bits per heavy atom. The molecule has 0 spiro atoms. The Hall–Kier alpha value is -0.520. The van der Waals surface area contributed by atoms with Gasteiger partial charge in [-0.25, -0.2) is 0 Å². The normalized spacial score (nSPS) is 22.4. The number of hydrogen-bond donors (Lipinski definition) is 1. The molecule has 1 aliphatic rings. The number of terminal acetylenes is 1. The summed E-state index contributed by atoms with van der Waals surface area (Å²) in [6.07, 6.45) is 10.5. The molecule has 0 aliphatic carbocycles. The van der Waals surface area contributed by atoms with E-state index < -0.39 is 0 Å². The lowest BCUT2D eigenvalue weighted by Crippen LogP contribution is -2.17. The molecule has 0 aromatic heterocycles. The molecule has 0 saturated carbocycles. The first-order valence-corrected chi connectivity index (χ1v) is 4.69. The van der Waals surface area contributed by atoms with Crippen molar-refractivity contribution in [2.45, 2.75) is 31.8 Å². The maximum atomic E-state index is 5.49. The molecule has 68 valence electrons. The predicted octanol–water partition coefficient (Wildman–Crippen LogP) is 1.17. The Morgan fingerprint density at radius 3 is 3.17 bits per heavy atom. The fourth-order valence-corrected chi connectivity index (χ4v) is 1.49. The molecule has 1 aliphatic heterocycles. The van der Waals surface area contributed by atoms with Gasteiger partial charge in [0.1, 0.15) is 0 Å². The summed E-state index contributed by atoms with van der Waals surface area (Å²) < 4.78 is 5.49. The van der Waals surface area contributed by atoms with Gasteiger partial charge in [-0.05, 0) is 32.2 Å². The molecule has 1 unspecified atom stereocenters. The second-order valence-electron chi connectivity index (χ2n) is 3.16. The van der Waals surface area contributed by atoms with E-state index in [9.17, 15) is 0 Å². The zero-order valence-corrected chi connectivity index (χ0v) is 7.51. The van der Waals surface area contributed by atoms with Crippen molar-refractivity contribution in [2.75, 3.05) is 19.7 Å². The first-order chi connectivity index (χ1) is 5.93. The van der Waals surface area contributed by atoms with Gasteiger partial charge in [0.15, 0.2) is 0 Å². The standard InChI is InChI=1S/C10H17NO/c1-2-7-11-8-3-5-10-6-4-9-12-10/h1,10-11H,3-9H2. The maximum Gasteiger partial charge on any atom is 0.0576 e. The van der Waals surface area contributed by atoms with Gasteiger partial charge in [-0.15, -0.1) is 6.42 Å². The Kier molecular flexibility index (Phi) is 4.82. The average molecular weight is 167 g/mol. The lowest BCUT2D eigenvalue weighted by atomic mass is 10.1. The van der Waals surface area contributed by atoms with Crippen LogP contribution in [0.2, 0.25) is 0 Å². The quantitative estimate of drug-likeness (QED) is 0.490. The molecule has 1 fully saturated rings. The highest BCUT2D eigenvalue weighted by atomic mass is 16.5. The number of hydrogen-bond acceptors (Lipinski definition) is 2.